The van der Waals surface area contributed by atoms with Crippen LogP contribution in [0.1, 0.15) is 36.6 Å². The van der Waals surface area contributed by atoms with Gasteiger partial charge in [-0.05, 0) is 54.8 Å². The van der Waals surface area contributed by atoms with Crippen LogP contribution in [0.4, 0.5) is 0 Å². The summed E-state index contributed by atoms with van der Waals surface area (Å²) >= 11 is 3.42. The number of hydrogen-bond acceptors (Lipinski definition) is 2. The molecule has 2 aromatic carbocycles. The molecule has 1 aliphatic heterocycles. The summed E-state index contributed by atoms with van der Waals surface area (Å²) in [4.78, 5) is 0. The Kier molecular flexibility index (Phi) is 3.80. The molecular weight excluding hydrogens is 328 g/mol. The van der Waals surface area contributed by atoms with Gasteiger partial charge in [0.2, 0.25) is 0 Å². The van der Waals surface area contributed by atoms with Gasteiger partial charge in [0.25, 0.3) is 0 Å². The lowest BCUT2D eigenvalue weighted by molar-refractivity contribution is 0.138. The number of ether oxygens (including phenoxy) is 1. The maximum Gasteiger partial charge on any atom is 0.123 e. The molecule has 3 rings (SSSR count). The maximum absolute atomic E-state index is 10.5. The first-order valence-corrected chi connectivity index (χ1v) is 7.97. The van der Waals surface area contributed by atoms with Crippen molar-refractivity contribution < 1.29 is 9.84 Å². The van der Waals surface area contributed by atoms with Gasteiger partial charge in [0.05, 0.1) is 6.10 Å². The number of rotatable bonds is 3. The first kappa shape index (κ1) is 14.6. The first-order chi connectivity index (χ1) is 9.93. The van der Waals surface area contributed by atoms with Gasteiger partial charge >= 0.3 is 0 Å². The number of aliphatic hydroxyl groups excluding tert-OH is 1. The molecule has 0 aliphatic carbocycles. The summed E-state index contributed by atoms with van der Waals surface area (Å²) in [5.41, 5.74) is 3.13. The Balaban J connectivity index is 1.77. The fraction of sp³-hybridized carbons (Fsp3) is 0.333. The molecule has 0 fully saturated rings. The van der Waals surface area contributed by atoms with E-state index in [0.29, 0.717) is 6.42 Å². The van der Waals surface area contributed by atoms with E-state index < -0.39 is 6.10 Å². The molecule has 0 amide bonds. The van der Waals surface area contributed by atoms with Crippen LogP contribution in [0.15, 0.2) is 46.9 Å². The van der Waals surface area contributed by atoms with E-state index >= 15 is 0 Å². The standard InChI is InChI=1S/C18H19BrO2/c1-18(2)11-14-10-13(5-8-17(14)21-18)16(20)9-12-3-6-15(19)7-4-12/h3-8,10,16,20H,9,11H2,1-2H3. The average Bonchev–Trinajstić information content (AvgIpc) is 2.74. The third kappa shape index (κ3) is 3.30. The van der Waals surface area contributed by atoms with E-state index in [0.717, 1.165) is 27.8 Å². The lowest BCUT2D eigenvalue weighted by atomic mass is 9.96. The molecule has 3 heteroatoms. The SMILES string of the molecule is CC1(C)Cc2cc(C(O)Cc3ccc(Br)cc3)ccc2O1. The monoisotopic (exact) mass is 346 g/mol. The minimum absolute atomic E-state index is 0.141. The molecule has 2 aromatic rings. The highest BCUT2D eigenvalue weighted by molar-refractivity contribution is 9.10. The third-order valence-electron chi connectivity index (χ3n) is 3.81. The van der Waals surface area contributed by atoms with Crippen LogP contribution in [0.2, 0.25) is 0 Å². The van der Waals surface area contributed by atoms with Gasteiger partial charge in [-0.1, -0.05) is 34.1 Å². The molecule has 1 N–H and O–H groups in total. The summed E-state index contributed by atoms with van der Waals surface area (Å²) in [6.07, 6.45) is 1.03. The highest BCUT2D eigenvalue weighted by Crippen LogP contribution is 2.36. The zero-order chi connectivity index (χ0) is 15.0. The minimum atomic E-state index is -0.486. The normalized spacial score (nSPS) is 17.1. The number of aliphatic hydroxyl groups is 1. The number of benzene rings is 2. The van der Waals surface area contributed by atoms with E-state index in [4.69, 9.17) is 4.74 Å². The molecule has 1 atom stereocenters. The van der Waals surface area contributed by atoms with Gasteiger partial charge in [-0.3, -0.25) is 0 Å². The molecule has 0 saturated carbocycles. The average molecular weight is 347 g/mol. The first-order valence-electron chi connectivity index (χ1n) is 7.17. The van der Waals surface area contributed by atoms with E-state index in [1.807, 2.05) is 36.4 Å². The minimum Gasteiger partial charge on any atom is -0.487 e. The van der Waals surface area contributed by atoms with Crippen LogP contribution >= 0.6 is 15.9 Å². The van der Waals surface area contributed by atoms with Crippen molar-refractivity contribution in [2.24, 2.45) is 0 Å². The molecule has 2 nitrogen and oxygen atoms in total. The molecule has 21 heavy (non-hydrogen) atoms. The zero-order valence-corrected chi connectivity index (χ0v) is 13.9. The Morgan fingerprint density at radius 2 is 1.90 bits per heavy atom. The van der Waals surface area contributed by atoms with E-state index in [1.165, 1.54) is 5.56 Å². The van der Waals surface area contributed by atoms with Crippen molar-refractivity contribution in [2.75, 3.05) is 0 Å². The van der Waals surface area contributed by atoms with Crippen molar-refractivity contribution in [1.29, 1.82) is 0 Å². The number of hydrogen-bond donors (Lipinski definition) is 1. The van der Waals surface area contributed by atoms with Gasteiger partial charge < -0.3 is 9.84 Å². The summed E-state index contributed by atoms with van der Waals surface area (Å²) < 4.78 is 6.93. The van der Waals surface area contributed by atoms with Crippen LogP contribution in [0.5, 0.6) is 5.75 Å². The van der Waals surface area contributed by atoms with Gasteiger partial charge in [0, 0.05) is 17.3 Å². The molecule has 110 valence electrons. The van der Waals surface area contributed by atoms with Gasteiger partial charge in [0.1, 0.15) is 11.4 Å². The van der Waals surface area contributed by atoms with Crippen molar-refractivity contribution in [2.45, 2.75) is 38.4 Å². The molecule has 0 saturated heterocycles. The second kappa shape index (κ2) is 5.47. The van der Waals surface area contributed by atoms with Crippen molar-refractivity contribution >= 4 is 15.9 Å². The predicted molar refractivity (Wildman–Crippen MR) is 87.7 cm³/mol. The topological polar surface area (TPSA) is 29.5 Å². The van der Waals surface area contributed by atoms with Gasteiger partial charge in [-0.25, -0.2) is 0 Å². The molecule has 0 radical (unpaired) electrons. The Hall–Kier alpha value is -1.32. The Bertz CT molecular complexity index is 647. The van der Waals surface area contributed by atoms with Crippen molar-refractivity contribution in [1.82, 2.24) is 0 Å². The van der Waals surface area contributed by atoms with Crippen LogP contribution in [-0.4, -0.2) is 10.7 Å². The summed E-state index contributed by atoms with van der Waals surface area (Å²) in [6, 6.07) is 14.1. The van der Waals surface area contributed by atoms with Crippen LogP contribution in [0.3, 0.4) is 0 Å². The second-order valence-electron chi connectivity index (χ2n) is 6.25. The molecule has 0 bridgehead atoms. The molecular formula is C18H19BrO2. The molecule has 0 spiro atoms. The number of fused-ring (bicyclic) bond motifs is 1. The Labute approximate surface area is 133 Å². The van der Waals surface area contributed by atoms with Gasteiger partial charge in [0.15, 0.2) is 0 Å². The van der Waals surface area contributed by atoms with Crippen LogP contribution in [0, 0.1) is 0 Å². The Morgan fingerprint density at radius 1 is 1.19 bits per heavy atom. The zero-order valence-electron chi connectivity index (χ0n) is 12.3. The van der Waals surface area contributed by atoms with Crippen molar-refractivity contribution in [3.63, 3.8) is 0 Å². The van der Waals surface area contributed by atoms with Crippen molar-refractivity contribution in [3.8, 4) is 5.75 Å². The van der Waals surface area contributed by atoms with Crippen LogP contribution < -0.4 is 4.74 Å². The molecule has 0 aromatic heterocycles. The summed E-state index contributed by atoms with van der Waals surface area (Å²) in [7, 11) is 0. The molecule has 1 unspecified atom stereocenters. The van der Waals surface area contributed by atoms with E-state index in [1.54, 1.807) is 0 Å². The number of halogens is 1. The maximum atomic E-state index is 10.5. The quantitative estimate of drug-likeness (QED) is 0.890. The fourth-order valence-corrected chi connectivity index (χ4v) is 3.06. The largest absolute Gasteiger partial charge is 0.487 e. The summed E-state index contributed by atoms with van der Waals surface area (Å²) in [5.74, 6) is 0.944. The smallest absolute Gasteiger partial charge is 0.123 e. The molecule has 1 heterocycles. The summed E-state index contributed by atoms with van der Waals surface area (Å²) in [5, 5.41) is 10.5. The summed E-state index contributed by atoms with van der Waals surface area (Å²) in [6.45, 7) is 4.18. The fourth-order valence-electron chi connectivity index (χ4n) is 2.80. The lowest BCUT2D eigenvalue weighted by Crippen LogP contribution is -2.24. The van der Waals surface area contributed by atoms with Crippen LogP contribution in [0.25, 0.3) is 0 Å². The highest BCUT2D eigenvalue weighted by atomic mass is 79.9. The second-order valence-corrected chi connectivity index (χ2v) is 7.17. The lowest BCUT2D eigenvalue weighted by Gasteiger charge is -2.16. The van der Waals surface area contributed by atoms with Gasteiger partial charge in [-0.15, -0.1) is 0 Å². The van der Waals surface area contributed by atoms with Crippen LogP contribution in [-0.2, 0) is 12.8 Å². The van der Waals surface area contributed by atoms with E-state index in [9.17, 15) is 5.11 Å². The molecule has 1 aliphatic rings. The Morgan fingerprint density at radius 3 is 2.62 bits per heavy atom. The third-order valence-corrected chi connectivity index (χ3v) is 4.34. The van der Waals surface area contributed by atoms with Gasteiger partial charge in [-0.2, -0.15) is 0 Å². The van der Waals surface area contributed by atoms with Crippen molar-refractivity contribution in [3.05, 3.63) is 63.6 Å². The highest BCUT2D eigenvalue weighted by Gasteiger charge is 2.30. The van der Waals surface area contributed by atoms with E-state index in [2.05, 4.69) is 35.8 Å². The predicted octanol–water partition coefficient (Wildman–Crippen LogP) is 4.44. The van der Waals surface area contributed by atoms with E-state index in [-0.39, 0.29) is 5.60 Å².